The minimum Gasteiger partial charge on any atom is -0.423 e. The van der Waals surface area contributed by atoms with Crippen molar-refractivity contribution in [3.05, 3.63) is 88.4 Å². The molecular formula is C24H23BrN3O2+. The highest BCUT2D eigenvalue weighted by Crippen LogP contribution is 2.20. The molecule has 0 aromatic heterocycles. The van der Waals surface area contributed by atoms with Crippen LogP contribution in [0, 0.1) is 0 Å². The maximum absolute atomic E-state index is 12.2. The summed E-state index contributed by atoms with van der Waals surface area (Å²) in [5, 5.41) is 2.35. The van der Waals surface area contributed by atoms with Gasteiger partial charge in [-0.15, -0.1) is 0 Å². The molecule has 0 bridgehead atoms. The number of benzene rings is 3. The normalized spacial score (nSPS) is 14.1. The van der Waals surface area contributed by atoms with Gasteiger partial charge in [-0.25, -0.2) is 4.79 Å². The Morgan fingerprint density at radius 1 is 0.933 bits per heavy atom. The quantitative estimate of drug-likeness (QED) is 0.354. The number of hydrogen-bond acceptors (Lipinski definition) is 4. The van der Waals surface area contributed by atoms with E-state index in [-0.39, 0.29) is 5.97 Å². The van der Waals surface area contributed by atoms with Crippen molar-refractivity contribution in [2.24, 2.45) is 4.99 Å². The van der Waals surface area contributed by atoms with Crippen LogP contribution < -0.4 is 15.0 Å². The van der Waals surface area contributed by atoms with E-state index in [1.54, 1.807) is 24.3 Å². The first-order valence-corrected chi connectivity index (χ1v) is 10.8. The van der Waals surface area contributed by atoms with Crippen molar-refractivity contribution in [1.29, 1.82) is 0 Å². The Bertz CT molecular complexity index is 1010. The molecule has 152 valence electrons. The molecule has 1 saturated heterocycles. The number of nitrogens with two attached hydrogens (primary N) is 1. The molecule has 0 radical (unpaired) electrons. The lowest BCUT2D eigenvalue weighted by molar-refractivity contribution is -0.655. The highest BCUT2D eigenvalue weighted by Gasteiger charge is 2.12. The zero-order valence-electron chi connectivity index (χ0n) is 16.5. The van der Waals surface area contributed by atoms with E-state index in [1.807, 2.05) is 42.6 Å². The van der Waals surface area contributed by atoms with Crippen LogP contribution in [0.3, 0.4) is 0 Å². The van der Waals surface area contributed by atoms with Crippen LogP contribution in [0.5, 0.6) is 5.75 Å². The van der Waals surface area contributed by atoms with Gasteiger partial charge in [0.05, 0.1) is 37.4 Å². The average molecular weight is 465 g/mol. The van der Waals surface area contributed by atoms with Gasteiger partial charge in [-0.3, -0.25) is 4.99 Å². The molecule has 3 aromatic carbocycles. The first kappa shape index (κ1) is 20.3. The maximum atomic E-state index is 12.2. The van der Waals surface area contributed by atoms with Crippen molar-refractivity contribution < 1.29 is 14.8 Å². The summed E-state index contributed by atoms with van der Waals surface area (Å²) in [6, 6.07) is 22.7. The summed E-state index contributed by atoms with van der Waals surface area (Å²) in [6.45, 7) is 4.46. The molecule has 30 heavy (non-hydrogen) atoms. The van der Waals surface area contributed by atoms with Crippen molar-refractivity contribution >= 4 is 39.5 Å². The van der Waals surface area contributed by atoms with E-state index in [2.05, 4.69) is 43.3 Å². The standard InChI is InChI=1S/C24H22BrN3O2/c25-20-5-3-19(4-6-20)24(29)30-23-11-1-18(2-12-23)17-27-21-7-9-22(10-8-21)28-15-13-26-14-16-28/h1-12,17,26H,13-16H2/p+1. The van der Waals surface area contributed by atoms with E-state index < -0.39 is 0 Å². The summed E-state index contributed by atoms with van der Waals surface area (Å²) in [7, 11) is 0. The van der Waals surface area contributed by atoms with Gasteiger partial charge in [0.25, 0.3) is 0 Å². The van der Waals surface area contributed by atoms with E-state index in [0.29, 0.717) is 11.3 Å². The van der Waals surface area contributed by atoms with Crippen LogP contribution in [0.15, 0.2) is 82.3 Å². The third kappa shape index (κ3) is 5.34. The molecule has 1 aliphatic rings. The fraction of sp³-hybridized carbons (Fsp3) is 0.167. The molecule has 1 fully saturated rings. The number of nitrogens with zero attached hydrogens (tertiary/aromatic N) is 2. The van der Waals surface area contributed by atoms with Gasteiger partial charge in [0, 0.05) is 16.4 Å². The van der Waals surface area contributed by atoms with Gasteiger partial charge in [-0.2, -0.15) is 0 Å². The molecule has 0 unspecified atom stereocenters. The molecule has 0 amide bonds. The Morgan fingerprint density at radius 2 is 1.60 bits per heavy atom. The van der Waals surface area contributed by atoms with Gasteiger partial charge >= 0.3 is 5.97 Å². The molecular weight excluding hydrogens is 442 g/mol. The zero-order valence-corrected chi connectivity index (χ0v) is 18.1. The van der Waals surface area contributed by atoms with Crippen LogP contribution in [0.2, 0.25) is 0 Å². The Balaban J connectivity index is 1.35. The number of piperazine rings is 1. The molecule has 3 aromatic rings. The summed E-state index contributed by atoms with van der Waals surface area (Å²) in [6.07, 6.45) is 1.81. The highest BCUT2D eigenvalue weighted by atomic mass is 79.9. The van der Waals surface area contributed by atoms with Crippen molar-refractivity contribution in [3.8, 4) is 5.75 Å². The molecule has 0 aliphatic carbocycles. The van der Waals surface area contributed by atoms with Crippen molar-refractivity contribution in [1.82, 2.24) is 0 Å². The van der Waals surface area contributed by atoms with Crippen LogP contribution >= 0.6 is 15.9 Å². The predicted molar refractivity (Wildman–Crippen MR) is 123 cm³/mol. The Kier molecular flexibility index (Phi) is 6.57. The van der Waals surface area contributed by atoms with Crippen molar-refractivity contribution in [2.45, 2.75) is 0 Å². The van der Waals surface area contributed by atoms with Gasteiger partial charge in [0.1, 0.15) is 5.75 Å². The third-order valence-corrected chi connectivity index (χ3v) is 5.48. The van der Waals surface area contributed by atoms with Crippen LogP contribution in [0.4, 0.5) is 11.4 Å². The van der Waals surface area contributed by atoms with Crippen LogP contribution in [0.25, 0.3) is 0 Å². The topological polar surface area (TPSA) is 58.5 Å². The number of hydrogen-bond donors (Lipinski definition) is 1. The predicted octanol–water partition coefficient (Wildman–Crippen LogP) is 3.80. The Hall–Kier alpha value is -2.96. The van der Waals surface area contributed by atoms with Crippen LogP contribution in [0.1, 0.15) is 15.9 Å². The minimum absolute atomic E-state index is 0.379. The lowest BCUT2D eigenvalue weighted by atomic mass is 10.2. The largest absolute Gasteiger partial charge is 0.423 e. The maximum Gasteiger partial charge on any atom is 0.343 e. The smallest absolute Gasteiger partial charge is 0.343 e. The molecule has 0 saturated carbocycles. The number of anilines is 1. The molecule has 5 nitrogen and oxygen atoms in total. The number of carbonyl (C=O) groups is 1. The van der Waals surface area contributed by atoms with Crippen molar-refractivity contribution in [3.63, 3.8) is 0 Å². The van der Waals surface area contributed by atoms with Gasteiger partial charge in [-0.05, 0) is 78.4 Å². The fourth-order valence-corrected chi connectivity index (χ4v) is 3.55. The fourth-order valence-electron chi connectivity index (χ4n) is 3.28. The summed E-state index contributed by atoms with van der Waals surface area (Å²) < 4.78 is 6.34. The number of esters is 1. The SMILES string of the molecule is O=C(Oc1ccc(C=Nc2ccc(N3CC[NH2+]CC3)cc2)cc1)c1ccc(Br)cc1. The van der Waals surface area contributed by atoms with Crippen LogP contribution in [-0.2, 0) is 0 Å². The van der Waals surface area contributed by atoms with Crippen LogP contribution in [-0.4, -0.2) is 38.4 Å². The third-order valence-electron chi connectivity index (χ3n) is 4.95. The number of quaternary nitrogens is 1. The summed E-state index contributed by atoms with van der Waals surface area (Å²) in [5.41, 5.74) is 3.61. The second-order valence-corrected chi connectivity index (χ2v) is 8.01. The first-order chi connectivity index (χ1) is 14.7. The van der Waals surface area contributed by atoms with Gasteiger partial charge in [0.15, 0.2) is 0 Å². The van der Waals surface area contributed by atoms with E-state index in [0.717, 1.165) is 41.9 Å². The number of rotatable bonds is 5. The Morgan fingerprint density at radius 3 is 2.27 bits per heavy atom. The lowest BCUT2D eigenvalue weighted by Gasteiger charge is -2.27. The van der Waals surface area contributed by atoms with E-state index in [4.69, 9.17) is 4.74 Å². The number of aliphatic imine (C=N–C) groups is 1. The molecule has 0 spiro atoms. The second kappa shape index (κ2) is 9.69. The van der Waals surface area contributed by atoms with E-state index in [9.17, 15) is 4.79 Å². The minimum atomic E-state index is -0.379. The molecule has 2 N–H and O–H groups in total. The highest BCUT2D eigenvalue weighted by molar-refractivity contribution is 9.10. The lowest BCUT2D eigenvalue weighted by Crippen LogP contribution is -2.89. The molecule has 0 atom stereocenters. The molecule has 1 heterocycles. The Labute approximate surface area is 184 Å². The van der Waals surface area contributed by atoms with Gasteiger partial charge in [0.2, 0.25) is 0 Å². The summed E-state index contributed by atoms with van der Waals surface area (Å²) >= 11 is 3.35. The molecule has 1 aliphatic heterocycles. The number of ether oxygens (including phenoxy) is 1. The first-order valence-electron chi connectivity index (χ1n) is 9.96. The average Bonchev–Trinajstić information content (AvgIpc) is 2.80. The zero-order chi connectivity index (χ0) is 20.8. The summed E-state index contributed by atoms with van der Waals surface area (Å²) in [5.74, 6) is 0.124. The monoisotopic (exact) mass is 464 g/mol. The second-order valence-electron chi connectivity index (χ2n) is 7.09. The van der Waals surface area contributed by atoms with Gasteiger partial charge in [-0.1, -0.05) is 15.9 Å². The van der Waals surface area contributed by atoms with Gasteiger partial charge < -0.3 is 15.0 Å². The number of halogens is 1. The molecule has 4 rings (SSSR count). The van der Waals surface area contributed by atoms with Crippen molar-refractivity contribution in [2.75, 3.05) is 31.1 Å². The molecule has 6 heteroatoms. The number of carbonyl (C=O) groups excluding carboxylic acids is 1. The van der Waals surface area contributed by atoms with E-state index >= 15 is 0 Å². The summed E-state index contributed by atoms with van der Waals surface area (Å²) in [4.78, 5) is 19.1. The van der Waals surface area contributed by atoms with E-state index in [1.165, 1.54) is 5.69 Å².